The molecule has 0 unspecified atom stereocenters. The third-order valence-electron chi connectivity index (χ3n) is 16.4. The van der Waals surface area contributed by atoms with Crippen molar-refractivity contribution in [2.24, 2.45) is 34.0 Å². The Labute approximate surface area is 238 Å². The first-order chi connectivity index (χ1) is 19.0. The van der Waals surface area contributed by atoms with Crippen molar-refractivity contribution in [3.05, 3.63) is 34.9 Å². The molecule has 210 valence electrons. The summed E-state index contributed by atoms with van der Waals surface area (Å²) in [5, 5.41) is 0. The topological polar surface area (TPSA) is 0 Å². The lowest BCUT2D eigenvalue weighted by Crippen LogP contribution is -2.69. The minimum Gasteiger partial charge on any atom is -0.0547 e. The Balaban J connectivity index is 0.936. The highest BCUT2D eigenvalue weighted by atomic mass is 14.8. The van der Waals surface area contributed by atoms with E-state index in [1.165, 1.54) is 57.8 Å². The van der Waals surface area contributed by atoms with Crippen molar-refractivity contribution >= 4 is 0 Å². The van der Waals surface area contributed by atoms with Crippen LogP contribution in [0.4, 0.5) is 0 Å². The smallest absolute Gasteiger partial charge is 0.00306 e. The Morgan fingerprint density at radius 3 is 0.795 bits per heavy atom. The van der Waals surface area contributed by atoms with Crippen molar-refractivity contribution in [2.75, 3.05) is 0 Å². The van der Waals surface area contributed by atoms with E-state index >= 15 is 0 Å². The van der Waals surface area contributed by atoms with Gasteiger partial charge in [-0.3, -0.25) is 0 Å². The number of hydrogen-bond donors (Lipinski definition) is 0. The highest BCUT2D eigenvalue weighted by Crippen LogP contribution is 2.82. The van der Waals surface area contributed by atoms with Crippen molar-refractivity contribution in [1.82, 2.24) is 0 Å². The third kappa shape index (κ3) is 2.94. The maximum Gasteiger partial charge on any atom is -0.00306 e. The molecular weight excluding hydrogens is 468 g/mol. The van der Waals surface area contributed by atoms with Gasteiger partial charge in [0.05, 0.1) is 0 Å². The van der Waals surface area contributed by atoms with Crippen LogP contribution in [0.5, 0.6) is 0 Å². The van der Waals surface area contributed by atoms with Gasteiger partial charge in [-0.1, -0.05) is 76.0 Å². The molecule has 12 aliphatic rings. The second-order valence-corrected chi connectivity index (χ2v) is 18.3. The summed E-state index contributed by atoms with van der Waals surface area (Å²) in [5.74, 6) is 3.24. The van der Waals surface area contributed by atoms with Gasteiger partial charge in [0.25, 0.3) is 0 Å². The van der Waals surface area contributed by atoms with Crippen LogP contribution in [-0.4, -0.2) is 0 Å². The molecule has 0 radical (unpaired) electrons. The van der Waals surface area contributed by atoms with Crippen molar-refractivity contribution < 1.29 is 0 Å². The van der Waals surface area contributed by atoms with E-state index < -0.39 is 0 Å². The predicted molar refractivity (Wildman–Crippen MR) is 160 cm³/mol. The molecule has 0 nitrogen and oxygen atoms in total. The molecule has 0 amide bonds. The molecule has 1 aromatic rings. The fraction of sp³-hybridized carbons (Fsp3) is 0.846. The van der Waals surface area contributed by atoms with Crippen LogP contribution in [0.15, 0.2) is 18.2 Å². The highest BCUT2D eigenvalue weighted by molar-refractivity contribution is 5.52. The minimum atomic E-state index is 0.595. The maximum atomic E-state index is 2.85. The summed E-state index contributed by atoms with van der Waals surface area (Å²) in [6.07, 6.45) is 37.1. The molecule has 12 fully saturated rings. The summed E-state index contributed by atoms with van der Waals surface area (Å²) in [7, 11) is 0. The van der Waals surface area contributed by atoms with Crippen LogP contribution in [0, 0.1) is 34.0 Å². The third-order valence-corrected chi connectivity index (χ3v) is 16.4. The van der Waals surface area contributed by atoms with Gasteiger partial charge in [-0.25, -0.2) is 0 Å². The molecule has 0 spiro atoms. The van der Waals surface area contributed by atoms with Gasteiger partial charge in [-0.2, -0.15) is 0 Å². The van der Waals surface area contributed by atoms with Crippen LogP contribution in [0.2, 0.25) is 0 Å². The maximum absolute atomic E-state index is 2.85. The van der Waals surface area contributed by atoms with E-state index in [4.69, 9.17) is 0 Å². The molecule has 6 bridgehead atoms. The Kier molecular flexibility index (Phi) is 4.62. The molecule has 0 saturated heterocycles. The fourth-order valence-corrected chi connectivity index (χ4v) is 14.5. The van der Waals surface area contributed by atoms with Crippen molar-refractivity contribution in [1.29, 1.82) is 0 Å². The average molecular weight is 523 g/mol. The van der Waals surface area contributed by atoms with Crippen molar-refractivity contribution in [2.45, 2.75) is 170 Å². The van der Waals surface area contributed by atoms with Gasteiger partial charge in [0, 0.05) is 0 Å². The zero-order valence-electron chi connectivity index (χ0n) is 24.9. The van der Waals surface area contributed by atoms with E-state index in [1.54, 1.807) is 96.3 Å². The molecule has 13 rings (SSSR count). The van der Waals surface area contributed by atoms with E-state index in [0.29, 0.717) is 16.2 Å². The second-order valence-electron chi connectivity index (χ2n) is 18.3. The average Bonchev–Trinajstić information content (AvgIpc) is 2.81. The lowest BCUT2D eigenvalue weighted by molar-refractivity contribution is -0.194. The molecule has 12 aliphatic carbocycles. The van der Waals surface area contributed by atoms with Gasteiger partial charge < -0.3 is 0 Å². The number of rotatable bonds is 6. The zero-order chi connectivity index (χ0) is 25.6. The lowest BCUT2D eigenvalue weighted by Gasteiger charge is -2.77. The molecular formula is C39H54. The van der Waals surface area contributed by atoms with Crippen LogP contribution < -0.4 is 0 Å². The van der Waals surface area contributed by atoms with Gasteiger partial charge in [0.1, 0.15) is 0 Å². The van der Waals surface area contributed by atoms with Crippen LogP contribution in [0.25, 0.3) is 0 Å². The van der Waals surface area contributed by atoms with Crippen LogP contribution in [0.1, 0.15) is 171 Å². The summed E-state index contributed by atoms with van der Waals surface area (Å²) in [4.78, 5) is 0. The van der Waals surface area contributed by atoms with E-state index in [0.717, 1.165) is 34.0 Å². The van der Waals surface area contributed by atoms with Crippen LogP contribution in [0.3, 0.4) is 0 Å². The Hall–Kier alpha value is -0.780. The predicted octanol–water partition coefficient (Wildman–Crippen LogP) is 10.7. The number of hydrogen-bond acceptors (Lipinski definition) is 0. The van der Waals surface area contributed by atoms with Gasteiger partial charge in [-0.15, -0.1) is 0 Å². The van der Waals surface area contributed by atoms with Gasteiger partial charge in [0.15, 0.2) is 0 Å². The molecule has 0 heterocycles. The molecule has 0 heteroatoms. The standard InChI is InChI=1S/C39H54/c1-4-10-28(11-5-1)34-19-37(20-34,21-34)31-16-32(38-22-35(23-38,24-38)29-12-6-2-7-13-29)18-33(17-31)39-25-36(26-39,27-39)30-14-8-3-9-15-30/h16-18,28-30H,1-15,19-27H2. The summed E-state index contributed by atoms with van der Waals surface area (Å²) in [5.41, 5.74) is 9.66. The lowest BCUT2D eigenvalue weighted by atomic mass is 9.27. The normalized spacial score (nSPS) is 50.5. The van der Waals surface area contributed by atoms with Crippen LogP contribution in [-0.2, 0) is 16.2 Å². The van der Waals surface area contributed by atoms with Gasteiger partial charge in [-0.05, 0) is 163 Å². The Bertz CT molecular complexity index is 961. The fourth-order valence-electron chi connectivity index (χ4n) is 14.5. The first-order valence-corrected chi connectivity index (χ1v) is 18.2. The summed E-state index contributed by atoms with van der Waals surface area (Å²) in [6.45, 7) is 0. The van der Waals surface area contributed by atoms with Crippen LogP contribution >= 0.6 is 0 Å². The summed E-state index contributed by atoms with van der Waals surface area (Å²) in [6, 6.07) is 8.54. The monoisotopic (exact) mass is 522 g/mol. The van der Waals surface area contributed by atoms with E-state index in [2.05, 4.69) is 18.2 Å². The number of benzene rings is 1. The second kappa shape index (κ2) is 7.59. The molecule has 39 heavy (non-hydrogen) atoms. The van der Waals surface area contributed by atoms with Crippen molar-refractivity contribution in [3.8, 4) is 0 Å². The van der Waals surface area contributed by atoms with Gasteiger partial charge in [0.2, 0.25) is 0 Å². The Morgan fingerprint density at radius 1 is 0.333 bits per heavy atom. The summed E-state index contributed by atoms with van der Waals surface area (Å²) >= 11 is 0. The Morgan fingerprint density at radius 2 is 0.564 bits per heavy atom. The SMILES string of the molecule is c1c(C23CC(C4CCCCC4)(C2)C3)cc(C23CC(C4CCCCC4)(C2)C3)cc1C12CC(C3CCCCC3)(C1)C2. The quantitative estimate of drug-likeness (QED) is 0.348. The minimum absolute atomic E-state index is 0.595. The van der Waals surface area contributed by atoms with E-state index in [-0.39, 0.29) is 0 Å². The first-order valence-electron chi connectivity index (χ1n) is 18.2. The molecule has 0 atom stereocenters. The van der Waals surface area contributed by atoms with Crippen molar-refractivity contribution in [3.63, 3.8) is 0 Å². The highest BCUT2D eigenvalue weighted by Gasteiger charge is 2.74. The molecule has 0 aliphatic heterocycles. The molecule has 1 aromatic carbocycles. The zero-order valence-corrected chi connectivity index (χ0v) is 24.9. The van der Waals surface area contributed by atoms with Gasteiger partial charge >= 0.3 is 0 Å². The first kappa shape index (κ1) is 23.7. The molecule has 0 aromatic heterocycles. The van der Waals surface area contributed by atoms with E-state index in [1.807, 2.05) is 16.7 Å². The molecule has 0 N–H and O–H groups in total. The van der Waals surface area contributed by atoms with E-state index in [9.17, 15) is 0 Å². The summed E-state index contributed by atoms with van der Waals surface area (Å²) < 4.78 is 0. The molecule has 12 saturated carbocycles. The largest absolute Gasteiger partial charge is 0.0547 e.